The van der Waals surface area contributed by atoms with E-state index in [1.54, 1.807) is 30.3 Å². The van der Waals surface area contributed by atoms with Crippen molar-refractivity contribution in [2.24, 2.45) is 0 Å². The maximum atomic E-state index is 12.2. The second-order valence-corrected chi connectivity index (χ2v) is 7.73. The molecule has 2 rings (SSSR count). The van der Waals surface area contributed by atoms with Crippen molar-refractivity contribution in [3.8, 4) is 0 Å². The quantitative estimate of drug-likeness (QED) is 0.914. The van der Waals surface area contributed by atoms with Gasteiger partial charge in [-0.15, -0.1) is 0 Å². The molecular formula is C16H18ClNO2S. The van der Waals surface area contributed by atoms with Crippen molar-refractivity contribution in [2.75, 3.05) is 6.54 Å². The zero-order valence-corrected chi connectivity index (χ0v) is 13.6. The Labute approximate surface area is 131 Å². The Bertz CT molecular complexity index is 695. The molecule has 2 aromatic rings. The van der Waals surface area contributed by atoms with Crippen LogP contribution in [0.3, 0.4) is 0 Å². The SMILES string of the molecule is CC(C)(CNS(=O)(=O)c1ccccc1)c1ccc(Cl)cc1. The van der Waals surface area contributed by atoms with Crippen LogP contribution >= 0.6 is 11.6 Å². The average Bonchev–Trinajstić information content (AvgIpc) is 2.47. The van der Waals surface area contributed by atoms with Crippen LogP contribution in [0, 0.1) is 0 Å². The molecule has 3 nitrogen and oxygen atoms in total. The van der Waals surface area contributed by atoms with E-state index in [1.165, 1.54) is 0 Å². The number of nitrogens with one attached hydrogen (secondary N) is 1. The molecule has 0 unspecified atom stereocenters. The van der Waals surface area contributed by atoms with Gasteiger partial charge in [-0.3, -0.25) is 0 Å². The number of hydrogen-bond donors (Lipinski definition) is 1. The topological polar surface area (TPSA) is 46.2 Å². The van der Waals surface area contributed by atoms with Crippen molar-refractivity contribution in [3.63, 3.8) is 0 Å². The predicted octanol–water partition coefficient (Wildman–Crippen LogP) is 3.60. The zero-order valence-electron chi connectivity index (χ0n) is 12.0. The van der Waals surface area contributed by atoms with Gasteiger partial charge in [0.15, 0.2) is 0 Å². The summed E-state index contributed by atoms with van der Waals surface area (Å²) < 4.78 is 27.1. The predicted molar refractivity (Wildman–Crippen MR) is 86.1 cm³/mol. The highest BCUT2D eigenvalue weighted by atomic mass is 35.5. The van der Waals surface area contributed by atoms with E-state index < -0.39 is 10.0 Å². The van der Waals surface area contributed by atoms with Gasteiger partial charge in [0, 0.05) is 17.0 Å². The summed E-state index contributed by atoms with van der Waals surface area (Å²) in [6, 6.07) is 15.8. The smallest absolute Gasteiger partial charge is 0.210 e. The van der Waals surface area contributed by atoms with Gasteiger partial charge in [-0.1, -0.05) is 55.8 Å². The van der Waals surface area contributed by atoms with Crippen molar-refractivity contribution >= 4 is 21.6 Å². The van der Waals surface area contributed by atoms with E-state index in [4.69, 9.17) is 11.6 Å². The van der Waals surface area contributed by atoms with Gasteiger partial charge in [-0.05, 0) is 29.8 Å². The normalized spacial score (nSPS) is 12.3. The fourth-order valence-electron chi connectivity index (χ4n) is 1.96. The minimum Gasteiger partial charge on any atom is -0.210 e. The van der Waals surface area contributed by atoms with Crippen LogP contribution in [0.15, 0.2) is 59.5 Å². The average molecular weight is 324 g/mol. The summed E-state index contributed by atoms with van der Waals surface area (Å²) in [6.07, 6.45) is 0. The zero-order chi connectivity index (χ0) is 15.5. The van der Waals surface area contributed by atoms with Gasteiger partial charge in [-0.25, -0.2) is 13.1 Å². The largest absolute Gasteiger partial charge is 0.240 e. The Balaban J connectivity index is 2.13. The van der Waals surface area contributed by atoms with E-state index in [0.29, 0.717) is 11.6 Å². The van der Waals surface area contributed by atoms with E-state index >= 15 is 0 Å². The number of benzene rings is 2. The molecule has 0 fully saturated rings. The van der Waals surface area contributed by atoms with E-state index in [9.17, 15) is 8.42 Å². The minimum atomic E-state index is -3.49. The first-order valence-electron chi connectivity index (χ1n) is 6.62. The maximum Gasteiger partial charge on any atom is 0.240 e. The highest BCUT2D eigenvalue weighted by Gasteiger charge is 2.24. The van der Waals surface area contributed by atoms with E-state index in [2.05, 4.69) is 4.72 Å². The van der Waals surface area contributed by atoms with Gasteiger partial charge >= 0.3 is 0 Å². The van der Waals surface area contributed by atoms with Gasteiger partial charge in [0.1, 0.15) is 0 Å². The molecule has 1 N–H and O–H groups in total. The molecule has 0 heterocycles. The lowest BCUT2D eigenvalue weighted by Gasteiger charge is -2.25. The van der Waals surface area contributed by atoms with Crippen molar-refractivity contribution < 1.29 is 8.42 Å². The molecule has 5 heteroatoms. The van der Waals surface area contributed by atoms with Crippen molar-refractivity contribution in [2.45, 2.75) is 24.2 Å². The molecular weight excluding hydrogens is 306 g/mol. The summed E-state index contributed by atoms with van der Waals surface area (Å²) in [5.74, 6) is 0. The fourth-order valence-corrected chi connectivity index (χ4v) is 3.32. The van der Waals surface area contributed by atoms with Crippen molar-refractivity contribution in [1.29, 1.82) is 0 Å². The monoisotopic (exact) mass is 323 g/mol. The summed E-state index contributed by atoms with van der Waals surface area (Å²) in [5.41, 5.74) is 0.703. The van der Waals surface area contributed by atoms with E-state index in [0.717, 1.165) is 5.56 Å². The van der Waals surface area contributed by atoms with E-state index in [-0.39, 0.29) is 10.3 Å². The van der Waals surface area contributed by atoms with Gasteiger partial charge in [0.25, 0.3) is 0 Å². The molecule has 0 aliphatic rings. The lowest BCUT2D eigenvalue weighted by molar-refractivity contribution is 0.501. The third-order valence-electron chi connectivity index (χ3n) is 3.38. The summed E-state index contributed by atoms with van der Waals surface area (Å²) in [4.78, 5) is 0.275. The molecule has 112 valence electrons. The number of halogens is 1. The molecule has 21 heavy (non-hydrogen) atoms. The van der Waals surface area contributed by atoms with Crippen LogP contribution < -0.4 is 4.72 Å². The summed E-state index contributed by atoms with van der Waals surface area (Å²) in [6.45, 7) is 4.29. The molecule has 0 aromatic heterocycles. The van der Waals surface area contributed by atoms with Crippen LogP contribution in [-0.2, 0) is 15.4 Å². The van der Waals surface area contributed by atoms with E-state index in [1.807, 2.05) is 38.1 Å². The molecule has 0 aliphatic carbocycles. The summed E-state index contributed by atoms with van der Waals surface area (Å²) in [7, 11) is -3.49. The highest BCUT2D eigenvalue weighted by Crippen LogP contribution is 2.24. The Kier molecular flexibility index (Phi) is 4.71. The molecule has 0 spiro atoms. The van der Waals surface area contributed by atoms with Crippen LogP contribution in [0.4, 0.5) is 0 Å². The van der Waals surface area contributed by atoms with Crippen molar-refractivity contribution in [3.05, 3.63) is 65.2 Å². The second-order valence-electron chi connectivity index (χ2n) is 5.53. The first-order valence-corrected chi connectivity index (χ1v) is 8.48. The third kappa shape index (κ3) is 4.06. The van der Waals surface area contributed by atoms with Crippen molar-refractivity contribution in [1.82, 2.24) is 4.72 Å². The van der Waals surface area contributed by atoms with Crippen LogP contribution in [0.25, 0.3) is 0 Å². The fraction of sp³-hybridized carbons (Fsp3) is 0.250. The number of sulfonamides is 1. The number of rotatable bonds is 5. The van der Waals surface area contributed by atoms with Gasteiger partial charge in [0.05, 0.1) is 4.90 Å². The van der Waals surface area contributed by atoms with Crippen LogP contribution in [0.1, 0.15) is 19.4 Å². The van der Waals surface area contributed by atoms with Crippen LogP contribution in [0.5, 0.6) is 0 Å². The Morgan fingerprint density at radius 3 is 2.14 bits per heavy atom. The molecule has 0 radical (unpaired) electrons. The lowest BCUT2D eigenvalue weighted by atomic mass is 9.85. The molecule has 0 saturated carbocycles. The standard InChI is InChI=1S/C16H18ClNO2S/c1-16(2,13-8-10-14(17)11-9-13)12-18-21(19,20)15-6-4-3-5-7-15/h3-11,18H,12H2,1-2H3. The maximum absolute atomic E-state index is 12.2. The van der Waals surface area contributed by atoms with Crippen LogP contribution in [-0.4, -0.2) is 15.0 Å². The Morgan fingerprint density at radius 1 is 1.00 bits per heavy atom. The lowest BCUT2D eigenvalue weighted by Crippen LogP contribution is -2.36. The molecule has 0 bridgehead atoms. The van der Waals surface area contributed by atoms with Gasteiger partial charge in [0.2, 0.25) is 10.0 Å². The van der Waals surface area contributed by atoms with Crippen LogP contribution in [0.2, 0.25) is 5.02 Å². The summed E-state index contributed by atoms with van der Waals surface area (Å²) in [5, 5.41) is 0.666. The Hall–Kier alpha value is -1.36. The Morgan fingerprint density at radius 2 is 1.57 bits per heavy atom. The molecule has 0 amide bonds. The third-order valence-corrected chi connectivity index (χ3v) is 5.05. The van der Waals surface area contributed by atoms with Gasteiger partial charge in [-0.2, -0.15) is 0 Å². The molecule has 0 aliphatic heterocycles. The first-order chi connectivity index (χ1) is 9.81. The minimum absolute atomic E-state index is 0.275. The molecule has 0 atom stereocenters. The number of hydrogen-bond acceptors (Lipinski definition) is 2. The van der Waals surface area contributed by atoms with Gasteiger partial charge < -0.3 is 0 Å². The first kappa shape index (κ1) is 16.0. The second kappa shape index (κ2) is 6.18. The highest BCUT2D eigenvalue weighted by molar-refractivity contribution is 7.89. The molecule has 2 aromatic carbocycles. The summed E-state index contributed by atoms with van der Waals surface area (Å²) >= 11 is 5.88. The molecule has 0 saturated heterocycles.